The Morgan fingerprint density at radius 1 is 1.24 bits per heavy atom. The standard InChI is InChI=1S/C12H16N2O3/c1-14(2)10(12(13)16)11(15)8-4-6-9(17-3)7-5-8/h4-7,10H,1-3H3,(H2,13,16). The van der Waals surface area contributed by atoms with E-state index in [1.807, 2.05) is 0 Å². The molecule has 0 saturated carbocycles. The molecule has 0 radical (unpaired) electrons. The normalized spacial score (nSPS) is 12.2. The molecule has 1 unspecified atom stereocenters. The van der Waals surface area contributed by atoms with Gasteiger partial charge in [-0.15, -0.1) is 0 Å². The second kappa shape index (κ2) is 5.45. The molecule has 2 N–H and O–H groups in total. The number of methoxy groups -OCH3 is 1. The number of amides is 1. The lowest BCUT2D eigenvalue weighted by Crippen LogP contribution is -2.46. The fraction of sp³-hybridized carbons (Fsp3) is 0.333. The minimum atomic E-state index is -0.941. The maximum Gasteiger partial charge on any atom is 0.242 e. The number of Topliss-reactive ketones (excluding diaryl/α,β-unsaturated/α-hetero) is 1. The molecule has 92 valence electrons. The molecule has 1 atom stereocenters. The number of carbonyl (C=O) groups excluding carboxylic acids is 2. The van der Waals surface area contributed by atoms with Gasteiger partial charge < -0.3 is 10.5 Å². The number of benzene rings is 1. The molecule has 1 aromatic carbocycles. The van der Waals surface area contributed by atoms with Crippen LogP contribution in [0.1, 0.15) is 10.4 Å². The summed E-state index contributed by atoms with van der Waals surface area (Å²) >= 11 is 0. The van der Waals surface area contributed by atoms with E-state index in [1.54, 1.807) is 45.5 Å². The first-order chi connectivity index (χ1) is 7.97. The third-order valence-corrected chi connectivity index (χ3v) is 2.41. The van der Waals surface area contributed by atoms with Crippen LogP contribution in [0.5, 0.6) is 5.75 Å². The molecule has 1 amide bonds. The van der Waals surface area contributed by atoms with Gasteiger partial charge in [0.1, 0.15) is 5.75 Å². The van der Waals surface area contributed by atoms with Gasteiger partial charge >= 0.3 is 0 Å². The summed E-state index contributed by atoms with van der Waals surface area (Å²) < 4.78 is 4.99. The van der Waals surface area contributed by atoms with Crippen LogP contribution in [0.25, 0.3) is 0 Å². The second-order valence-electron chi connectivity index (χ2n) is 3.86. The first-order valence-electron chi connectivity index (χ1n) is 5.11. The van der Waals surface area contributed by atoms with E-state index < -0.39 is 11.9 Å². The summed E-state index contributed by atoms with van der Waals surface area (Å²) in [4.78, 5) is 24.8. The number of primary amides is 1. The summed E-state index contributed by atoms with van der Waals surface area (Å²) in [5.41, 5.74) is 5.64. The van der Waals surface area contributed by atoms with Crippen molar-refractivity contribution in [3.8, 4) is 5.75 Å². The topological polar surface area (TPSA) is 72.6 Å². The van der Waals surface area contributed by atoms with Crippen LogP contribution >= 0.6 is 0 Å². The molecular weight excluding hydrogens is 220 g/mol. The van der Waals surface area contributed by atoms with Crippen LogP contribution in [0.2, 0.25) is 0 Å². The van der Waals surface area contributed by atoms with E-state index in [9.17, 15) is 9.59 Å². The zero-order chi connectivity index (χ0) is 13.0. The lowest BCUT2D eigenvalue weighted by atomic mass is 10.0. The molecule has 0 bridgehead atoms. The quantitative estimate of drug-likeness (QED) is 0.589. The fourth-order valence-electron chi connectivity index (χ4n) is 1.53. The number of ketones is 1. The van der Waals surface area contributed by atoms with Gasteiger partial charge in [0.2, 0.25) is 5.91 Å². The van der Waals surface area contributed by atoms with Gasteiger partial charge in [-0.2, -0.15) is 0 Å². The number of hydrogen-bond acceptors (Lipinski definition) is 4. The number of nitrogens with two attached hydrogens (primary N) is 1. The summed E-state index contributed by atoms with van der Waals surface area (Å²) in [5, 5.41) is 0. The van der Waals surface area contributed by atoms with Gasteiger partial charge in [-0.05, 0) is 38.4 Å². The maximum atomic E-state index is 12.0. The van der Waals surface area contributed by atoms with E-state index in [1.165, 1.54) is 4.90 Å². The minimum absolute atomic E-state index is 0.315. The molecule has 0 aliphatic carbocycles. The highest BCUT2D eigenvalue weighted by molar-refractivity contribution is 6.13. The van der Waals surface area contributed by atoms with Gasteiger partial charge in [0, 0.05) is 5.56 Å². The number of likely N-dealkylation sites (N-methyl/N-ethyl adjacent to an activating group) is 1. The summed E-state index contributed by atoms with van der Waals surface area (Å²) in [5.74, 6) is -0.317. The van der Waals surface area contributed by atoms with Crippen molar-refractivity contribution in [1.82, 2.24) is 4.90 Å². The Morgan fingerprint density at radius 2 is 1.76 bits per heavy atom. The lowest BCUT2D eigenvalue weighted by Gasteiger charge is -2.19. The van der Waals surface area contributed by atoms with Gasteiger partial charge in [0.25, 0.3) is 0 Å². The van der Waals surface area contributed by atoms with Crippen LogP contribution in [0.4, 0.5) is 0 Å². The SMILES string of the molecule is COc1ccc(C(=O)C(C(N)=O)N(C)C)cc1. The molecule has 0 aliphatic heterocycles. The highest BCUT2D eigenvalue weighted by Crippen LogP contribution is 2.13. The third kappa shape index (κ3) is 3.04. The van der Waals surface area contributed by atoms with E-state index in [-0.39, 0.29) is 5.78 Å². The van der Waals surface area contributed by atoms with Crippen molar-refractivity contribution >= 4 is 11.7 Å². The second-order valence-corrected chi connectivity index (χ2v) is 3.86. The third-order valence-electron chi connectivity index (χ3n) is 2.41. The van der Waals surface area contributed by atoms with E-state index in [4.69, 9.17) is 10.5 Å². The first kappa shape index (κ1) is 13.2. The van der Waals surface area contributed by atoms with E-state index in [2.05, 4.69) is 0 Å². The monoisotopic (exact) mass is 236 g/mol. The summed E-state index contributed by atoms with van der Waals surface area (Å²) in [6.45, 7) is 0. The van der Waals surface area contributed by atoms with Gasteiger partial charge in [0.15, 0.2) is 11.8 Å². The highest BCUT2D eigenvalue weighted by Gasteiger charge is 2.27. The van der Waals surface area contributed by atoms with Crippen LogP contribution in [0.15, 0.2) is 24.3 Å². The molecule has 0 aromatic heterocycles. The molecule has 5 nitrogen and oxygen atoms in total. The Labute approximate surface area is 100 Å². The van der Waals surface area contributed by atoms with Crippen molar-refractivity contribution in [2.24, 2.45) is 5.73 Å². The Kier molecular flexibility index (Phi) is 4.23. The molecule has 1 aromatic rings. The van der Waals surface area contributed by atoms with Gasteiger partial charge in [-0.3, -0.25) is 14.5 Å². The van der Waals surface area contributed by atoms with Crippen molar-refractivity contribution < 1.29 is 14.3 Å². The van der Waals surface area contributed by atoms with Gasteiger partial charge in [0.05, 0.1) is 7.11 Å². The molecule has 0 aliphatic rings. The number of carbonyl (C=O) groups is 2. The molecule has 0 spiro atoms. The Hall–Kier alpha value is -1.88. The molecule has 17 heavy (non-hydrogen) atoms. The predicted octanol–water partition coefficient (Wildman–Crippen LogP) is 0.293. The van der Waals surface area contributed by atoms with Crippen molar-refractivity contribution in [1.29, 1.82) is 0 Å². The van der Waals surface area contributed by atoms with E-state index >= 15 is 0 Å². The van der Waals surface area contributed by atoms with Crippen LogP contribution in [-0.2, 0) is 4.79 Å². The average Bonchev–Trinajstić information content (AvgIpc) is 2.28. The molecule has 0 saturated heterocycles. The number of hydrogen-bond donors (Lipinski definition) is 1. The van der Waals surface area contributed by atoms with Crippen LogP contribution in [0.3, 0.4) is 0 Å². The average molecular weight is 236 g/mol. The molecule has 0 heterocycles. The van der Waals surface area contributed by atoms with Crippen molar-refractivity contribution in [2.45, 2.75) is 6.04 Å². The number of nitrogens with zero attached hydrogens (tertiary/aromatic N) is 1. The molecule has 5 heteroatoms. The van der Waals surface area contributed by atoms with Crippen molar-refractivity contribution in [3.63, 3.8) is 0 Å². The molecule has 0 fully saturated rings. The largest absolute Gasteiger partial charge is 0.497 e. The number of rotatable bonds is 5. The van der Waals surface area contributed by atoms with Gasteiger partial charge in [-0.25, -0.2) is 0 Å². The van der Waals surface area contributed by atoms with Gasteiger partial charge in [-0.1, -0.05) is 0 Å². The summed E-state index contributed by atoms with van der Waals surface area (Å²) in [7, 11) is 4.82. The minimum Gasteiger partial charge on any atom is -0.497 e. The smallest absolute Gasteiger partial charge is 0.242 e. The first-order valence-corrected chi connectivity index (χ1v) is 5.11. The zero-order valence-corrected chi connectivity index (χ0v) is 10.1. The maximum absolute atomic E-state index is 12.0. The summed E-state index contributed by atoms with van der Waals surface area (Å²) in [6.07, 6.45) is 0. The van der Waals surface area contributed by atoms with Crippen LogP contribution in [-0.4, -0.2) is 43.8 Å². The van der Waals surface area contributed by atoms with E-state index in [0.29, 0.717) is 11.3 Å². The lowest BCUT2D eigenvalue weighted by molar-refractivity contribution is -0.120. The molecule has 1 rings (SSSR count). The van der Waals surface area contributed by atoms with Crippen LogP contribution in [0, 0.1) is 0 Å². The Bertz CT molecular complexity index is 412. The van der Waals surface area contributed by atoms with Crippen molar-refractivity contribution in [3.05, 3.63) is 29.8 Å². The van der Waals surface area contributed by atoms with Crippen LogP contribution < -0.4 is 10.5 Å². The Morgan fingerprint density at radius 3 is 2.12 bits per heavy atom. The fourth-order valence-corrected chi connectivity index (χ4v) is 1.53. The Balaban J connectivity index is 2.97. The number of ether oxygens (including phenoxy) is 1. The zero-order valence-electron chi connectivity index (χ0n) is 10.1. The predicted molar refractivity (Wildman–Crippen MR) is 64.0 cm³/mol. The highest BCUT2D eigenvalue weighted by atomic mass is 16.5. The summed E-state index contributed by atoms with van der Waals surface area (Å²) in [6, 6.07) is 5.62. The van der Waals surface area contributed by atoms with E-state index in [0.717, 1.165) is 0 Å². The molecular formula is C12H16N2O3. The van der Waals surface area contributed by atoms with Crippen molar-refractivity contribution in [2.75, 3.05) is 21.2 Å².